The van der Waals surface area contributed by atoms with E-state index in [1.165, 1.54) is 12.1 Å². The fourth-order valence-electron chi connectivity index (χ4n) is 3.50. The summed E-state index contributed by atoms with van der Waals surface area (Å²) in [5.74, 6) is -0.424. The van der Waals surface area contributed by atoms with Gasteiger partial charge in [-0.3, -0.25) is 4.79 Å². The van der Waals surface area contributed by atoms with E-state index in [-0.39, 0.29) is 30.2 Å². The molecule has 0 spiro atoms. The number of benzene rings is 1. The van der Waals surface area contributed by atoms with E-state index in [1.54, 1.807) is 23.2 Å². The lowest BCUT2D eigenvalue weighted by Crippen LogP contribution is -2.42. The van der Waals surface area contributed by atoms with E-state index < -0.39 is 0 Å². The van der Waals surface area contributed by atoms with Crippen molar-refractivity contribution >= 4 is 18.3 Å². The van der Waals surface area contributed by atoms with Crippen LogP contribution in [-0.2, 0) is 4.74 Å². The summed E-state index contributed by atoms with van der Waals surface area (Å²) in [6.07, 6.45) is 3.47. The van der Waals surface area contributed by atoms with Crippen molar-refractivity contribution in [3.05, 3.63) is 47.5 Å². The van der Waals surface area contributed by atoms with Gasteiger partial charge in [0.05, 0.1) is 25.4 Å². The van der Waals surface area contributed by atoms with Crippen molar-refractivity contribution in [1.82, 2.24) is 25.2 Å². The second kappa shape index (κ2) is 8.77. The van der Waals surface area contributed by atoms with Crippen LogP contribution in [0.5, 0.6) is 0 Å². The molecule has 4 rings (SSSR count). The molecule has 7 nitrogen and oxygen atoms in total. The van der Waals surface area contributed by atoms with Crippen molar-refractivity contribution < 1.29 is 13.9 Å². The summed E-state index contributed by atoms with van der Waals surface area (Å²) >= 11 is 0. The Kier molecular flexibility index (Phi) is 6.41. The van der Waals surface area contributed by atoms with Gasteiger partial charge in [-0.2, -0.15) is 0 Å². The molecule has 1 unspecified atom stereocenters. The molecule has 3 heterocycles. The first-order valence-corrected chi connectivity index (χ1v) is 8.99. The van der Waals surface area contributed by atoms with Crippen LogP contribution >= 0.6 is 12.4 Å². The third kappa shape index (κ3) is 4.45. The van der Waals surface area contributed by atoms with E-state index in [4.69, 9.17) is 4.74 Å². The quantitative estimate of drug-likeness (QED) is 0.860. The van der Waals surface area contributed by atoms with E-state index in [0.29, 0.717) is 31.4 Å². The van der Waals surface area contributed by atoms with Crippen molar-refractivity contribution in [2.45, 2.75) is 25.0 Å². The van der Waals surface area contributed by atoms with Gasteiger partial charge < -0.3 is 15.0 Å². The molecule has 0 radical (unpaired) electrons. The molecule has 27 heavy (non-hydrogen) atoms. The monoisotopic (exact) mass is 395 g/mol. The first kappa shape index (κ1) is 19.7. The Labute approximate surface area is 163 Å². The Balaban J connectivity index is 0.00000210. The maximum atomic E-state index is 13.1. The minimum absolute atomic E-state index is 0. The molecule has 1 atom stereocenters. The number of carbonyl (C=O) groups is 1. The molecule has 1 aromatic carbocycles. The highest BCUT2D eigenvalue weighted by atomic mass is 35.5. The van der Waals surface area contributed by atoms with Crippen LogP contribution < -0.4 is 5.32 Å². The van der Waals surface area contributed by atoms with Crippen molar-refractivity contribution in [2.75, 3.05) is 32.8 Å². The molecule has 1 aromatic heterocycles. The number of ether oxygens (including phenoxy) is 1. The van der Waals surface area contributed by atoms with E-state index >= 15 is 0 Å². The number of aromatic nitrogens is 3. The Bertz CT molecular complexity index is 763. The number of piperidine rings is 1. The van der Waals surface area contributed by atoms with E-state index in [0.717, 1.165) is 31.5 Å². The number of carbonyl (C=O) groups excluding carboxylic acids is 1. The highest BCUT2D eigenvalue weighted by Gasteiger charge is 2.28. The molecule has 1 N–H and O–H groups in total. The topological polar surface area (TPSA) is 72.3 Å². The molecule has 2 aliphatic heterocycles. The van der Waals surface area contributed by atoms with Crippen molar-refractivity contribution in [1.29, 1.82) is 0 Å². The minimum Gasteiger partial charge on any atom is -0.370 e. The van der Waals surface area contributed by atoms with Crippen LogP contribution in [-0.4, -0.2) is 58.6 Å². The number of halogens is 2. The van der Waals surface area contributed by atoms with Gasteiger partial charge in [0.15, 0.2) is 5.69 Å². The SMILES string of the molecule is Cl.O=C(c1cn(C2CCNCC2)nn1)N1CCOC(c2ccc(F)cc2)C1. The fraction of sp³-hybridized carbons (Fsp3) is 0.500. The zero-order chi connectivity index (χ0) is 17.9. The molecule has 2 fully saturated rings. The Hall–Kier alpha value is -2.03. The summed E-state index contributed by atoms with van der Waals surface area (Å²) in [6.45, 7) is 3.28. The maximum absolute atomic E-state index is 13.1. The maximum Gasteiger partial charge on any atom is 0.276 e. The second-order valence-electron chi connectivity index (χ2n) is 6.73. The summed E-state index contributed by atoms with van der Waals surface area (Å²) < 4.78 is 20.7. The van der Waals surface area contributed by atoms with Crippen LogP contribution in [0, 0.1) is 5.82 Å². The standard InChI is InChI=1S/C18H22FN5O2.ClH/c19-14-3-1-13(2-4-14)17-12-23(9-10-26-17)18(25)16-11-24(22-21-16)15-5-7-20-8-6-15;/h1-4,11,15,17,20H,5-10,12H2;1H. The first-order valence-electron chi connectivity index (χ1n) is 8.99. The molecule has 2 aliphatic rings. The molecule has 9 heteroatoms. The average molecular weight is 396 g/mol. The smallest absolute Gasteiger partial charge is 0.276 e. The van der Waals surface area contributed by atoms with Crippen LogP contribution in [0.25, 0.3) is 0 Å². The van der Waals surface area contributed by atoms with Gasteiger partial charge in [0.1, 0.15) is 11.9 Å². The largest absolute Gasteiger partial charge is 0.370 e. The van der Waals surface area contributed by atoms with Gasteiger partial charge in [-0.1, -0.05) is 17.3 Å². The summed E-state index contributed by atoms with van der Waals surface area (Å²) in [7, 11) is 0. The number of amides is 1. The number of nitrogens with one attached hydrogen (secondary N) is 1. The van der Waals surface area contributed by atoms with Gasteiger partial charge in [0.2, 0.25) is 0 Å². The molecule has 2 saturated heterocycles. The third-order valence-electron chi connectivity index (χ3n) is 5.01. The normalized spacial score (nSPS) is 20.9. The van der Waals surface area contributed by atoms with Crippen LogP contribution in [0.15, 0.2) is 30.5 Å². The number of morpholine rings is 1. The van der Waals surface area contributed by atoms with E-state index in [1.807, 2.05) is 4.68 Å². The molecule has 0 saturated carbocycles. The summed E-state index contributed by atoms with van der Waals surface area (Å²) in [5.41, 5.74) is 1.23. The number of hydrogen-bond acceptors (Lipinski definition) is 5. The molecule has 1 amide bonds. The van der Waals surface area contributed by atoms with E-state index in [9.17, 15) is 9.18 Å². The Morgan fingerprint density at radius 3 is 2.70 bits per heavy atom. The molecule has 0 aliphatic carbocycles. The van der Waals surface area contributed by atoms with Gasteiger partial charge in [-0.25, -0.2) is 9.07 Å². The first-order chi connectivity index (χ1) is 12.7. The number of rotatable bonds is 3. The van der Waals surface area contributed by atoms with Crippen LogP contribution in [0.2, 0.25) is 0 Å². The molecular weight excluding hydrogens is 373 g/mol. The lowest BCUT2D eigenvalue weighted by molar-refractivity contribution is -0.0230. The van der Waals surface area contributed by atoms with Crippen molar-refractivity contribution in [3.8, 4) is 0 Å². The van der Waals surface area contributed by atoms with Gasteiger partial charge in [-0.05, 0) is 43.6 Å². The average Bonchev–Trinajstić information content (AvgIpc) is 3.19. The molecule has 146 valence electrons. The summed E-state index contributed by atoms with van der Waals surface area (Å²) in [4.78, 5) is 14.5. The van der Waals surface area contributed by atoms with Gasteiger partial charge >= 0.3 is 0 Å². The summed E-state index contributed by atoms with van der Waals surface area (Å²) in [6, 6.07) is 6.50. The van der Waals surface area contributed by atoms with Gasteiger partial charge in [0.25, 0.3) is 5.91 Å². The predicted octanol–water partition coefficient (Wildman–Crippen LogP) is 1.98. The van der Waals surface area contributed by atoms with Crippen molar-refractivity contribution in [2.24, 2.45) is 0 Å². The number of nitrogens with zero attached hydrogens (tertiary/aromatic N) is 4. The number of hydrogen-bond donors (Lipinski definition) is 1. The van der Waals surface area contributed by atoms with Crippen LogP contribution in [0.3, 0.4) is 0 Å². The second-order valence-corrected chi connectivity index (χ2v) is 6.73. The highest BCUT2D eigenvalue weighted by Crippen LogP contribution is 2.24. The predicted molar refractivity (Wildman–Crippen MR) is 99.4 cm³/mol. The zero-order valence-electron chi connectivity index (χ0n) is 14.9. The van der Waals surface area contributed by atoms with Gasteiger partial charge in [0, 0.05) is 6.54 Å². The fourth-order valence-corrected chi connectivity index (χ4v) is 3.50. The van der Waals surface area contributed by atoms with Gasteiger partial charge in [-0.15, -0.1) is 17.5 Å². The molecule has 2 aromatic rings. The van der Waals surface area contributed by atoms with Crippen LogP contribution in [0.4, 0.5) is 4.39 Å². The van der Waals surface area contributed by atoms with E-state index in [2.05, 4.69) is 15.6 Å². The summed E-state index contributed by atoms with van der Waals surface area (Å²) in [5, 5.41) is 11.6. The lowest BCUT2D eigenvalue weighted by Gasteiger charge is -2.32. The molecule has 0 bridgehead atoms. The zero-order valence-corrected chi connectivity index (χ0v) is 15.7. The Morgan fingerprint density at radius 2 is 1.96 bits per heavy atom. The van der Waals surface area contributed by atoms with Crippen LogP contribution in [0.1, 0.15) is 41.0 Å². The minimum atomic E-state index is -0.285. The molecular formula is C18H23ClFN5O2. The van der Waals surface area contributed by atoms with Crippen molar-refractivity contribution in [3.63, 3.8) is 0 Å². The third-order valence-corrected chi connectivity index (χ3v) is 5.01. The lowest BCUT2D eigenvalue weighted by atomic mass is 10.1. The highest BCUT2D eigenvalue weighted by molar-refractivity contribution is 5.92. The Morgan fingerprint density at radius 1 is 1.22 bits per heavy atom.